The van der Waals surface area contributed by atoms with Crippen LogP contribution in [-0.2, 0) is 10.0 Å². The second kappa shape index (κ2) is 13.0. The van der Waals surface area contributed by atoms with Crippen molar-refractivity contribution in [1.82, 2.24) is 9.88 Å². The Morgan fingerprint density at radius 1 is 1.02 bits per heavy atom. The number of anilines is 1. The highest BCUT2D eigenvalue weighted by Gasteiger charge is 2.21. The second-order valence-corrected chi connectivity index (χ2v) is 13.4. The zero-order chi connectivity index (χ0) is 30.7. The molecule has 1 unspecified atom stereocenters. The maximum Gasteiger partial charge on any atom is 0.263 e. The highest BCUT2D eigenvalue weighted by atomic mass is 32.2. The maximum atomic E-state index is 15.2. The van der Waals surface area contributed by atoms with Crippen LogP contribution in [0.5, 0.6) is 23.0 Å². The first-order valence-electron chi connectivity index (χ1n) is 14.6. The fourth-order valence-electron chi connectivity index (χ4n) is 5.57. The summed E-state index contributed by atoms with van der Waals surface area (Å²) in [5.41, 5.74) is 0.693. The predicted molar refractivity (Wildman–Crippen MR) is 172 cm³/mol. The Labute approximate surface area is 260 Å². The van der Waals surface area contributed by atoms with Crippen LogP contribution < -0.4 is 18.9 Å². The number of fused-ring (bicyclic) bond motifs is 2. The van der Waals surface area contributed by atoms with Crippen LogP contribution >= 0.6 is 11.3 Å². The third kappa shape index (κ3) is 6.45. The van der Waals surface area contributed by atoms with Crippen LogP contribution in [0.15, 0.2) is 77.1 Å². The van der Waals surface area contributed by atoms with Gasteiger partial charge in [0.15, 0.2) is 23.1 Å². The van der Waals surface area contributed by atoms with Crippen molar-refractivity contribution in [1.29, 1.82) is 0 Å². The summed E-state index contributed by atoms with van der Waals surface area (Å²) in [5.74, 6) is 0.689. The van der Waals surface area contributed by atoms with Gasteiger partial charge in [0.25, 0.3) is 10.0 Å². The summed E-state index contributed by atoms with van der Waals surface area (Å²) in [7, 11) is -2.36. The number of sulfonamides is 1. The van der Waals surface area contributed by atoms with Crippen LogP contribution in [0.4, 0.5) is 10.1 Å². The topological polar surface area (TPSA) is 90.0 Å². The average Bonchev–Trinajstić information content (AvgIpc) is 3.46. The summed E-state index contributed by atoms with van der Waals surface area (Å²) >= 11 is 1.34. The molecule has 230 valence electrons. The molecule has 0 aliphatic carbocycles. The molecule has 2 aromatic heterocycles. The number of benzene rings is 3. The van der Waals surface area contributed by atoms with Gasteiger partial charge in [-0.15, -0.1) is 11.3 Å². The Balaban J connectivity index is 1.16. The Morgan fingerprint density at radius 2 is 1.89 bits per heavy atom. The van der Waals surface area contributed by atoms with E-state index in [1.807, 2.05) is 12.1 Å². The maximum absolute atomic E-state index is 15.2. The van der Waals surface area contributed by atoms with Gasteiger partial charge in [-0.1, -0.05) is 24.6 Å². The van der Waals surface area contributed by atoms with Crippen LogP contribution in [-0.4, -0.2) is 51.1 Å². The number of pyridine rings is 1. The van der Waals surface area contributed by atoms with Gasteiger partial charge in [0.1, 0.15) is 10.6 Å². The standard InChI is InChI=1S/C33H34FN3O5S2/c1-22-8-5-6-15-37(22)16-7-17-41-31-20-27-25(19-30(31)40-2)28(13-14-35-27)42-29-12-11-23(18-26(29)34)36-44(38,39)33-21-43-32-10-4-3-9-24(32)33/h3-4,9-14,18-22,36H,5-8,15-17H2,1-2H3. The Morgan fingerprint density at radius 3 is 2.70 bits per heavy atom. The van der Waals surface area contributed by atoms with E-state index < -0.39 is 15.8 Å². The summed E-state index contributed by atoms with van der Waals surface area (Å²) in [6.07, 6.45) is 6.28. The molecule has 44 heavy (non-hydrogen) atoms. The summed E-state index contributed by atoms with van der Waals surface area (Å²) in [6, 6.07) is 17.0. The molecule has 0 radical (unpaired) electrons. The second-order valence-electron chi connectivity index (χ2n) is 10.9. The van der Waals surface area contributed by atoms with Crippen molar-refractivity contribution in [3.05, 3.63) is 78.1 Å². The molecule has 5 aromatic rings. The van der Waals surface area contributed by atoms with Gasteiger partial charge in [0, 0.05) is 51.8 Å². The molecule has 1 aliphatic rings. The molecule has 0 saturated carbocycles. The number of ether oxygens (including phenoxy) is 3. The molecule has 1 atom stereocenters. The number of thiophene rings is 1. The first kappa shape index (κ1) is 30.1. The van der Waals surface area contributed by atoms with Gasteiger partial charge in [-0.25, -0.2) is 12.8 Å². The van der Waals surface area contributed by atoms with Gasteiger partial charge in [0.05, 0.1) is 24.9 Å². The highest BCUT2D eigenvalue weighted by Crippen LogP contribution is 2.38. The zero-order valence-electron chi connectivity index (χ0n) is 24.6. The number of hydrogen-bond donors (Lipinski definition) is 1. The van der Waals surface area contributed by atoms with E-state index in [2.05, 4.69) is 21.5 Å². The SMILES string of the molecule is COc1cc2c(Oc3ccc(NS(=O)(=O)c4csc5ccccc45)cc3F)ccnc2cc1OCCCN1CCCCC1C. The number of rotatable bonds is 11. The minimum absolute atomic E-state index is 0.0623. The molecule has 6 rings (SSSR count). The molecule has 1 saturated heterocycles. The van der Waals surface area contributed by atoms with E-state index in [0.29, 0.717) is 46.2 Å². The van der Waals surface area contributed by atoms with E-state index in [4.69, 9.17) is 14.2 Å². The van der Waals surface area contributed by atoms with E-state index in [1.54, 1.807) is 49.0 Å². The number of piperidine rings is 1. The predicted octanol–water partition coefficient (Wildman–Crippen LogP) is 7.83. The van der Waals surface area contributed by atoms with Crippen molar-refractivity contribution in [2.24, 2.45) is 0 Å². The molecule has 0 spiro atoms. The van der Waals surface area contributed by atoms with Crippen LogP contribution in [0.2, 0.25) is 0 Å². The van der Waals surface area contributed by atoms with Crippen LogP contribution in [0.3, 0.4) is 0 Å². The van der Waals surface area contributed by atoms with Crippen molar-refractivity contribution < 1.29 is 27.0 Å². The minimum Gasteiger partial charge on any atom is -0.493 e. The van der Waals surface area contributed by atoms with Gasteiger partial charge >= 0.3 is 0 Å². The van der Waals surface area contributed by atoms with Crippen molar-refractivity contribution in [3.63, 3.8) is 0 Å². The van der Waals surface area contributed by atoms with Gasteiger partial charge in [-0.3, -0.25) is 9.71 Å². The number of likely N-dealkylation sites (tertiary alicyclic amines) is 1. The van der Waals surface area contributed by atoms with E-state index >= 15 is 4.39 Å². The smallest absolute Gasteiger partial charge is 0.263 e. The Hall–Kier alpha value is -3.93. The lowest BCUT2D eigenvalue weighted by atomic mass is 10.0. The fourth-order valence-corrected chi connectivity index (χ4v) is 8.12. The monoisotopic (exact) mass is 635 g/mol. The van der Waals surface area contributed by atoms with E-state index in [1.165, 1.54) is 42.7 Å². The lowest BCUT2D eigenvalue weighted by molar-refractivity contribution is 0.148. The zero-order valence-corrected chi connectivity index (χ0v) is 26.2. The quantitative estimate of drug-likeness (QED) is 0.148. The van der Waals surface area contributed by atoms with E-state index in [9.17, 15) is 8.42 Å². The lowest BCUT2D eigenvalue weighted by Crippen LogP contribution is -2.38. The summed E-state index contributed by atoms with van der Waals surface area (Å²) in [5, 5.41) is 2.81. The molecular weight excluding hydrogens is 602 g/mol. The fraction of sp³-hybridized carbons (Fsp3) is 0.303. The number of aromatic nitrogens is 1. The van der Waals surface area contributed by atoms with Crippen molar-refractivity contribution in [3.8, 4) is 23.0 Å². The highest BCUT2D eigenvalue weighted by molar-refractivity contribution is 7.93. The van der Waals surface area contributed by atoms with Gasteiger partial charge in [0.2, 0.25) is 0 Å². The average molecular weight is 636 g/mol. The third-order valence-corrected chi connectivity index (χ3v) is 10.4. The first-order valence-corrected chi connectivity index (χ1v) is 17.0. The number of nitrogens with one attached hydrogen (secondary N) is 1. The molecule has 1 fully saturated rings. The largest absolute Gasteiger partial charge is 0.493 e. The molecule has 3 heterocycles. The van der Waals surface area contributed by atoms with Crippen molar-refractivity contribution >= 4 is 48.0 Å². The van der Waals surface area contributed by atoms with Crippen LogP contribution in [0, 0.1) is 5.82 Å². The van der Waals surface area contributed by atoms with Gasteiger partial charge < -0.3 is 19.1 Å². The molecule has 11 heteroatoms. The normalized spacial score (nSPS) is 15.8. The summed E-state index contributed by atoms with van der Waals surface area (Å²) in [4.78, 5) is 7.13. The van der Waals surface area contributed by atoms with E-state index in [0.717, 1.165) is 30.3 Å². The Kier molecular flexibility index (Phi) is 8.88. The number of hydrogen-bond acceptors (Lipinski definition) is 8. The molecular formula is C33H34FN3O5S2. The molecule has 3 aromatic carbocycles. The molecule has 8 nitrogen and oxygen atoms in total. The summed E-state index contributed by atoms with van der Waals surface area (Å²) < 4.78 is 62.4. The number of methoxy groups -OCH3 is 1. The third-order valence-electron chi connectivity index (χ3n) is 7.91. The van der Waals surface area contributed by atoms with Crippen molar-refractivity contribution in [2.45, 2.75) is 43.5 Å². The first-order chi connectivity index (χ1) is 21.3. The number of nitrogens with zero attached hydrogens (tertiary/aromatic N) is 2. The Bertz CT molecular complexity index is 1900. The molecule has 0 amide bonds. The van der Waals surface area contributed by atoms with Crippen molar-refractivity contribution in [2.75, 3.05) is 31.5 Å². The van der Waals surface area contributed by atoms with Crippen LogP contribution in [0.25, 0.3) is 21.0 Å². The van der Waals surface area contributed by atoms with Crippen LogP contribution in [0.1, 0.15) is 32.6 Å². The molecule has 1 aliphatic heterocycles. The lowest BCUT2D eigenvalue weighted by Gasteiger charge is -2.33. The van der Waals surface area contributed by atoms with E-state index in [-0.39, 0.29) is 16.3 Å². The van der Waals surface area contributed by atoms with Gasteiger partial charge in [-0.05, 0) is 63.1 Å². The number of halogens is 1. The van der Waals surface area contributed by atoms with Gasteiger partial charge in [-0.2, -0.15) is 0 Å². The molecule has 0 bridgehead atoms. The summed E-state index contributed by atoms with van der Waals surface area (Å²) in [6.45, 7) is 4.96. The molecule has 1 N–H and O–H groups in total. The minimum atomic E-state index is -3.93.